The zero-order chi connectivity index (χ0) is 15.3. The summed E-state index contributed by atoms with van der Waals surface area (Å²) >= 11 is 0. The van der Waals surface area contributed by atoms with E-state index in [1.807, 2.05) is 60.7 Å². The second kappa shape index (κ2) is 6.68. The fourth-order valence-corrected chi connectivity index (χ4v) is 9.28. The lowest BCUT2D eigenvalue weighted by Crippen LogP contribution is -2.65. The molecule has 0 heterocycles. The van der Waals surface area contributed by atoms with Crippen molar-refractivity contribution in [2.24, 2.45) is 5.73 Å². The van der Waals surface area contributed by atoms with E-state index < -0.39 is 16.9 Å². The molecule has 0 radical (unpaired) electrons. The third kappa shape index (κ3) is 3.90. The van der Waals surface area contributed by atoms with Gasteiger partial charge < -0.3 is 14.6 Å². The highest BCUT2D eigenvalue weighted by Gasteiger charge is 2.43. The van der Waals surface area contributed by atoms with Crippen molar-refractivity contribution in [3.63, 3.8) is 0 Å². The molecule has 21 heavy (non-hydrogen) atoms. The molecule has 0 aliphatic heterocycles. The molecule has 0 fully saturated rings. The van der Waals surface area contributed by atoms with Crippen molar-refractivity contribution in [1.29, 1.82) is 0 Å². The normalized spacial score (nSPS) is 12.4. The van der Waals surface area contributed by atoms with Gasteiger partial charge >= 0.3 is 8.56 Å². The summed E-state index contributed by atoms with van der Waals surface area (Å²) < 4.78 is 6.39. The van der Waals surface area contributed by atoms with Crippen LogP contribution in [0.2, 0.25) is 19.1 Å². The van der Waals surface area contributed by atoms with Crippen molar-refractivity contribution in [1.82, 2.24) is 0 Å². The molecule has 3 N–H and O–H groups in total. The van der Waals surface area contributed by atoms with E-state index in [2.05, 4.69) is 13.1 Å². The molecule has 3 nitrogen and oxygen atoms in total. The molecule has 0 aliphatic carbocycles. The first kappa shape index (κ1) is 16.1. The SMILES string of the molecule is C[Si](C)(CCN)O[Si](O)(c1ccccc1)c1ccccc1. The van der Waals surface area contributed by atoms with E-state index in [-0.39, 0.29) is 0 Å². The van der Waals surface area contributed by atoms with Crippen molar-refractivity contribution in [3.05, 3.63) is 60.7 Å². The first-order valence-corrected chi connectivity index (χ1v) is 12.2. The Morgan fingerprint density at radius 3 is 1.71 bits per heavy atom. The Morgan fingerprint density at radius 1 is 0.905 bits per heavy atom. The molecule has 0 amide bonds. The Bertz CT molecular complexity index is 522. The van der Waals surface area contributed by atoms with Gasteiger partial charge in [-0.2, -0.15) is 0 Å². The van der Waals surface area contributed by atoms with Crippen LogP contribution in [0.25, 0.3) is 0 Å². The van der Waals surface area contributed by atoms with Crippen molar-refractivity contribution in [2.75, 3.05) is 6.54 Å². The maximum Gasteiger partial charge on any atom is 0.394 e. The van der Waals surface area contributed by atoms with Gasteiger partial charge in [-0.05, 0) is 36.1 Å². The van der Waals surface area contributed by atoms with E-state index in [1.165, 1.54) is 0 Å². The molecule has 0 spiro atoms. The summed E-state index contributed by atoms with van der Waals surface area (Å²) in [6.07, 6.45) is 0. The lowest BCUT2D eigenvalue weighted by atomic mass is 10.4. The summed E-state index contributed by atoms with van der Waals surface area (Å²) in [4.78, 5) is 11.4. The van der Waals surface area contributed by atoms with Crippen molar-refractivity contribution in [2.45, 2.75) is 19.1 Å². The predicted molar refractivity (Wildman–Crippen MR) is 92.6 cm³/mol. The smallest absolute Gasteiger partial charge is 0.394 e. The molecule has 112 valence electrons. The molecule has 0 aliphatic rings. The van der Waals surface area contributed by atoms with Gasteiger partial charge in [-0.1, -0.05) is 60.7 Å². The molecule has 2 rings (SSSR count). The fourth-order valence-electron chi connectivity index (χ4n) is 2.41. The van der Waals surface area contributed by atoms with E-state index in [0.717, 1.165) is 16.4 Å². The van der Waals surface area contributed by atoms with Crippen LogP contribution >= 0.6 is 0 Å². The minimum atomic E-state index is -3.17. The van der Waals surface area contributed by atoms with Gasteiger partial charge in [0.25, 0.3) is 0 Å². The second-order valence-corrected chi connectivity index (χ2v) is 13.1. The van der Waals surface area contributed by atoms with Gasteiger partial charge in [0, 0.05) is 0 Å². The predicted octanol–water partition coefficient (Wildman–Crippen LogP) is 1.42. The molecular formula is C16H23NO2Si2. The molecule has 0 bridgehead atoms. The van der Waals surface area contributed by atoms with Gasteiger partial charge in [0.15, 0.2) is 8.32 Å². The summed E-state index contributed by atoms with van der Waals surface area (Å²) in [6.45, 7) is 4.82. The Labute approximate surface area is 128 Å². The first-order chi connectivity index (χ1) is 9.98. The summed E-state index contributed by atoms with van der Waals surface area (Å²) in [5.74, 6) is 0. The number of rotatable bonds is 6. The molecule has 0 unspecified atom stereocenters. The molecule has 5 heteroatoms. The lowest BCUT2D eigenvalue weighted by molar-refractivity contribution is 0.404. The Hall–Kier alpha value is -1.25. The summed E-state index contributed by atoms with van der Waals surface area (Å²) in [5.41, 5.74) is 5.70. The molecular weight excluding hydrogens is 294 g/mol. The molecule has 0 atom stereocenters. The van der Waals surface area contributed by atoms with Crippen molar-refractivity contribution >= 4 is 27.3 Å². The molecule has 2 aromatic carbocycles. The van der Waals surface area contributed by atoms with Gasteiger partial charge in [0.05, 0.1) is 0 Å². The van der Waals surface area contributed by atoms with Crippen LogP contribution in [0.4, 0.5) is 0 Å². The van der Waals surface area contributed by atoms with Crippen LogP contribution in [0.15, 0.2) is 60.7 Å². The second-order valence-electron chi connectivity index (χ2n) is 5.78. The van der Waals surface area contributed by atoms with E-state index in [1.54, 1.807) is 0 Å². The monoisotopic (exact) mass is 317 g/mol. The summed E-state index contributed by atoms with van der Waals surface area (Å²) in [6, 6.07) is 20.3. The highest BCUT2D eigenvalue weighted by Crippen LogP contribution is 2.16. The quantitative estimate of drug-likeness (QED) is 0.792. The average Bonchev–Trinajstić information content (AvgIpc) is 2.48. The van der Waals surface area contributed by atoms with E-state index in [9.17, 15) is 4.80 Å². The molecule has 0 saturated heterocycles. The number of hydrogen-bond donors (Lipinski definition) is 2. The lowest BCUT2D eigenvalue weighted by Gasteiger charge is -2.34. The van der Waals surface area contributed by atoms with Gasteiger partial charge in [0.2, 0.25) is 0 Å². The summed E-state index contributed by atoms with van der Waals surface area (Å²) in [5, 5.41) is 1.77. The van der Waals surface area contributed by atoms with E-state index in [0.29, 0.717) is 6.54 Å². The largest absolute Gasteiger partial charge is 0.429 e. The van der Waals surface area contributed by atoms with Gasteiger partial charge in [-0.15, -0.1) is 0 Å². The Balaban J connectivity index is 2.45. The minimum Gasteiger partial charge on any atom is -0.429 e. The molecule has 0 aromatic heterocycles. The van der Waals surface area contributed by atoms with Crippen LogP contribution in [0.5, 0.6) is 0 Å². The standard InChI is InChI=1S/C16H23NO2Si2/c1-20(2,14-13-17)19-21(18,15-9-5-3-6-10-15)16-11-7-4-8-12-16/h3-12,18H,13-14,17H2,1-2H3. The minimum absolute atomic E-state index is 0.591. The maximum absolute atomic E-state index is 11.4. The van der Waals surface area contributed by atoms with Gasteiger partial charge in [0.1, 0.15) is 0 Å². The van der Waals surface area contributed by atoms with Crippen LogP contribution < -0.4 is 16.1 Å². The third-order valence-electron chi connectivity index (χ3n) is 3.50. The van der Waals surface area contributed by atoms with Crippen LogP contribution in [0, 0.1) is 0 Å². The van der Waals surface area contributed by atoms with Crippen LogP contribution in [-0.4, -0.2) is 28.2 Å². The zero-order valence-corrected chi connectivity index (χ0v) is 14.6. The molecule has 0 saturated carbocycles. The van der Waals surface area contributed by atoms with E-state index in [4.69, 9.17) is 9.85 Å². The first-order valence-electron chi connectivity index (χ1n) is 7.22. The molecule has 2 aromatic rings. The topological polar surface area (TPSA) is 55.5 Å². The highest BCUT2D eigenvalue weighted by molar-refractivity contribution is 6.97. The third-order valence-corrected chi connectivity index (χ3v) is 10.6. The number of hydrogen-bond acceptors (Lipinski definition) is 3. The van der Waals surface area contributed by atoms with Gasteiger partial charge in [-0.3, -0.25) is 0 Å². The fraction of sp³-hybridized carbons (Fsp3) is 0.250. The zero-order valence-electron chi connectivity index (χ0n) is 12.6. The van der Waals surface area contributed by atoms with Crippen LogP contribution in [-0.2, 0) is 4.12 Å². The Kier molecular flexibility index (Phi) is 5.13. The van der Waals surface area contributed by atoms with Crippen LogP contribution in [0.1, 0.15) is 0 Å². The van der Waals surface area contributed by atoms with Crippen molar-refractivity contribution in [3.8, 4) is 0 Å². The summed E-state index contributed by atoms with van der Waals surface area (Å²) in [7, 11) is -5.19. The Morgan fingerprint density at radius 2 is 1.33 bits per heavy atom. The van der Waals surface area contributed by atoms with Gasteiger partial charge in [-0.25, -0.2) is 0 Å². The average molecular weight is 318 g/mol. The number of nitrogens with two attached hydrogens (primary N) is 1. The van der Waals surface area contributed by atoms with Crippen LogP contribution in [0.3, 0.4) is 0 Å². The maximum atomic E-state index is 11.4. The van der Waals surface area contributed by atoms with Crippen molar-refractivity contribution < 1.29 is 8.91 Å². The highest BCUT2D eigenvalue weighted by atomic mass is 28.4. The van der Waals surface area contributed by atoms with E-state index >= 15 is 0 Å². The number of benzene rings is 2.